The van der Waals surface area contributed by atoms with Gasteiger partial charge in [-0.05, 0) is 37.0 Å². The molecule has 2 aliphatic rings. The van der Waals surface area contributed by atoms with Gasteiger partial charge in [0.05, 0.1) is 12.3 Å². The van der Waals surface area contributed by atoms with Crippen LogP contribution < -0.4 is 5.32 Å². The highest BCUT2D eigenvalue weighted by Crippen LogP contribution is 2.20. The van der Waals surface area contributed by atoms with Crippen LogP contribution in [0.4, 0.5) is 5.82 Å². The van der Waals surface area contributed by atoms with Crippen LogP contribution in [0.15, 0.2) is 30.5 Å². The molecule has 0 spiro atoms. The predicted octanol–water partition coefficient (Wildman–Crippen LogP) is 2.04. The molecule has 0 radical (unpaired) electrons. The van der Waals surface area contributed by atoms with Crippen LogP contribution in [-0.4, -0.2) is 44.7 Å². The molecule has 6 nitrogen and oxygen atoms in total. The van der Waals surface area contributed by atoms with Gasteiger partial charge in [0.1, 0.15) is 11.6 Å². The monoisotopic (exact) mass is 340 g/mol. The van der Waals surface area contributed by atoms with E-state index in [1.165, 1.54) is 6.42 Å². The summed E-state index contributed by atoms with van der Waals surface area (Å²) in [7, 11) is 0. The Morgan fingerprint density at radius 1 is 1.24 bits per heavy atom. The number of aliphatic hydroxyl groups excluding tert-OH is 1. The highest BCUT2D eigenvalue weighted by Gasteiger charge is 2.20. The number of anilines is 1. The number of aromatic nitrogens is 2. The smallest absolute Gasteiger partial charge is 0.256 e. The molecule has 0 unspecified atom stereocenters. The molecule has 1 fully saturated rings. The number of hydrogen-bond donors (Lipinski definition) is 2. The molecule has 6 heteroatoms. The van der Waals surface area contributed by atoms with Crippen LogP contribution in [0.25, 0.3) is 0 Å². The molecule has 1 atom stereocenters. The van der Waals surface area contributed by atoms with Gasteiger partial charge in [-0.1, -0.05) is 12.1 Å². The normalized spacial score (nSPS) is 20.4. The number of β-amino-alcohol motifs (C(OH)–C–C–N with tert-alkyl or cyclic N) is 1. The van der Waals surface area contributed by atoms with E-state index in [1.807, 2.05) is 24.3 Å². The summed E-state index contributed by atoms with van der Waals surface area (Å²) < 4.78 is 2.11. The molecule has 2 aliphatic heterocycles. The van der Waals surface area contributed by atoms with Crippen molar-refractivity contribution in [2.75, 3.05) is 18.4 Å². The fourth-order valence-electron chi connectivity index (χ4n) is 3.68. The lowest BCUT2D eigenvalue weighted by molar-refractivity contribution is 0.102. The van der Waals surface area contributed by atoms with Gasteiger partial charge < -0.3 is 15.0 Å². The molecule has 2 N–H and O–H groups in total. The van der Waals surface area contributed by atoms with E-state index in [2.05, 4.69) is 19.8 Å². The van der Waals surface area contributed by atoms with Gasteiger partial charge in [-0.3, -0.25) is 9.69 Å². The van der Waals surface area contributed by atoms with Crippen molar-refractivity contribution >= 4 is 11.7 Å². The maximum absolute atomic E-state index is 12.5. The summed E-state index contributed by atoms with van der Waals surface area (Å²) in [6.07, 6.45) is 5.68. The van der Waals surface area contributed by atoms with Crippen LogP contribution in [0.5, 0.6) is 0 Å². The summed E-state index contributed by atoms with van der Waals surface area (Å²) >= 11 is 0. The number of fused-ring (bicyclic) bond motifs is 1. The highest BCUT2D eigenvalue weighted by molar-refractivity contribution is 6.03. The second kappa shape index (κ2) is 6.98. The minimum Gasteiger partial charge on any atom is -0.392 e. The van der Waals surface area contributed by atoms with E-state index in [1.54, 1.807) is 6.20 Å². The maximum Gasteiger partial charge on any atom is 0.256 e. The molecule has 1 saturated heterocycles. The van der Waals surface area contributed by atoms with Gasteiger partial charge in [0.25, 0.3) is 5.91 Å². The second-order valence-electron chi connectivity index (χ2n) is 7.00. The number of amides is 1. The molecule has 3 heterocycles. The zero-order valence-corrected chi connectivity index (χ0v) is 14.3. The van der Waals surface area contributed by atoms with Gasteiger partial charge in [0.2, 0.25) is 0 Å². The Morgan fingerprint density at radius 2 is 2.08 bits per heavy atom. The molecular formula is C19H24N4O2. The van der Waals surface area contributed by atoms with E-state index in [4.69, 9.17) is 0 Å². The Kier molecular flexibility index (Phi) is 4.55. The molecule has 0 saturated carbocycles. The third-order valence-electron chi connectivity index (χ3n) is 5.08. The molecule has 25 heavy (non-hydrogen) atoms. The standard InChI is InChI=1S/C19H24N4O2/c24-16-8-10-22(13-16)12-14-4-6-15(7-5-14)19(25)21-18-11-20-17-3-1-2-9-23(17)18/h4-7,11,16,24H,1-3,8-10,12-13H2,(H,21,25)/t16-/m0/s1. The van der Waals surface area contributed by atoms with E-state index < -0.39 is 0 Å². The number of carbonyl (C=O) groups is 1. The molecule has 1 aromatic heterocycles. The Bertz CT molecular complexity index is 753. The highest BCUT2D eigenvalue weighted by atomic mass is 16.3. The number of aryl methyl sites for hydroxylation is 1. The number of carbonyl (C=O) groups excluding carboxylic acids is 1. The summed E-state index contributed by atoms with van der Waals surface area (Å²) in [6, 6.07) is 7.71. The second-order valence-corrected chi connectivity index (χ2v) is 7.00. The Morgan fingerprint density at radius 3 is 2.84 bits per heavy atom. The number of nitrogens with one attached hydrogen (secondary N) is 1. The Labute approximate surface area is 147 Å². The minimum absolute atomic E-state index is 0.101. The summed E-state index contributed by atoms with van der Waals surface area (Å²) in [5.41, 5.74) is 1.81. The van der Waals surface area contributed by atoms with Gasteiger partial charge in [0, 0.05) is 38.2 Å². The van der Waals surface area contributed by atoms with Crippen LogP contribution in [0.1, 0.15) is 41.0 Å². The van der Waals surface area contributed by atoms with Crippen LogP contribution in [-0.2, 0) is 19.5 Å². The van der Waals surface area contributed by atoms with E-state index in [9.17, 15) is 9.90 Å². The van der Waals surface area contributed by atoms with Crippen molar-refractivity contribution < 1.29 is 9.90 Å². The van der Waals surface area contributed by atoms with Crippen LogP contribution >= 0.6 is 0 Å². The SMILES string of the molecule is O=C(Nc1cnc2n1CCCC2)c1ccc(CN2CC[C@H](O)C2)cc1. The largest absolute Gasteiger partial charge is 0.392 e. The number of benzene rings is 1. The maximum atomic E-state index is 12.5. The number of aliphatic hydroxyl groups is 1. The lowest BCUT2D eigenvalue weighted by atomic mass is 10.1. The zero-order valence-electron chi connectivity index (χ0n) is 14.3. The molecule has 1 amide bonds. The first-order valence-corrected chi connectivity index (χ1v) is 9.04. The fourth-order valence-corrected chi connectivity index (χ4v) is 3.68. The molecule has 2 aromatic rings. The topological polar surface area (TPSA) is 70.4 Å². The average Bonchev–Trinajstić information content (AvgIpc) is 3.22. The summed E-state index contributed by atoms with van der Waals surface area (Å²) in [5.74, 6) is 1.75. The zero-order chi connectivity index (χ0) is 17.2. The molecular weight excluding hydrogens is 316 g/mol. The van der Waals surface area contributed by atoms with Crippen molar-refractivity contribution in [2.45, 2.75) is 44.9 Å². The van der Waals surface area contributed by atoms with E-state index in [0.29, 0.717) is 5.56 Å². The average molecular weight is 340 g/mol. The van der Waals surface area contributed by atoms with Crippen molar-refractivity contribution in [1.82, 2.24) is 14.5 Å². The third-order valence-corrected chi connectivity index (χ3v) is 5.08. The first-order valence-electron chi connectivity index (χ1n) is 9.04. The molecule has 4 rings (SSSR count). The first kappa shape index (κ1) is 16.3. The van der Waals surface area contributed by atoms with E-state index in [-0.39, 0.29) is 12.0 Å². The van der Waals surface area contributed by atoms with Crippen molar-refractivity contribution in [1.29, 1.82) is 0 Å². The lowest BCUT2D eigenvalue weighted by Crippen LogP contribution is -2.21. The molecule has 1 aromatic carbocycles. The number of likely N-dealkylation sites (tertiary alicyclic amines) is 1. The first-order chi connectivity index (χ1) is 12.2. The molecule has 0 aliphatic carbocycles. The third kappa shape index (κ3) is 3.60. The van der Waals surface area contributed by atoms with Crippen molar-refractivity contribution in [3.8, 4) is 0 Å². The van der Waals surface area contributed by atoms with Gasteiger partial charge in [-0.15, -0.1) is 0 Å². The van der Waals surface area contributed by atoms with E-state index in [0.717, 1.165) is 62.6 Å². The number of rotatable bonds is 4. The van der Waals surface area contributed by atoms with Gasteiger partial charge >= 0.3 is 0 Å². The summed E-state index contributed by atoms with van der Waals surface area (Å²) in [6.45, 7) is 3.39. The summed E-state index contributed by atoms with van der Waals surface area (Å²) in [4.78, 5) is 19.1. The Hall–Kier alpha value is -2.18. The number of imidazole rings is 1. The van der Waals surface area contributed by atoms with E-state index >= 15 is 0 Å². The van der Waals surface area contributed by atoms with Crippen molar-refractivity contribution in [3.63, 3.8) is 0 Å². The summed E-state index contributed by atoms with van der Waals surface area (Å²) in [5, 5.41) is 12.6. The van der Waals surface area contributed by atoms with Crippen molar-refractivity contribution in [3.05, 3.63) is 47.4 Å². The fraction of sp³-hybridized carbons (Fsp3) is 0.474. The minimum atomic E-state index is -0.202. The number of nitrogens with zero attached hydrogens (tertiary/aromatic N) is 3. The number of hydrogen-bond acceptors (Lipinski definition) is 4. The molecule has 132 valence electrons. The van der Waals surface area contributed by atoms with Gasteiger partial charge in [-0.25, -0.2) is 4.98 Å². The van der Waals surface area contributed by atoms with Crippen molar-refractivity contribution in [2.24, 2.45) is 0 Å². The van der Waals surface area contributed by atoms with Crippen LogP contribution in [0, 0.1) is 0 Å². The van der Waals surface area contributed by atoms with Crippen LogP contribution in [0.2, 0.25) is 0 Å². The Balaban J connectivity index is 1.40. The quantitative estimate of drug-likeness (QED) is 0.894. The van der Waals surface area contributed by atoms with Gasteiger partial charge in [0.15, 0.2) is 0 Å². The van der Waals surface area contributed by atoms with Gasteiger partial charge in [-0.2, -0.15) is 0 Å². The lowest BCUT2D eigenvalue weighted by Gasteiger charge is -2.17. The predicted molar refractivity (Wildman–Crippen MR) is 95.5 cm³/mol. The van der Waals surface area contributed by atoms with Crippen LogP contribution in [0.3, 0.4) is 0 Å². The molecule has 0 bridgehead atoms.